The Morgan fingerprint density at radius 3 is 2.82 bits per heavy atom. The Bertz CT molecular complexity index is 1250. The van der Waals surface area contributed by atoms with Crippen LogP contribution in [0.1, 0.15) is 18.8 Å². The molecule has 1 aromatic carbocycles. The molecule has 0 saturated heterocycles. The van der Waals surface area contributed by atoms with E-state index < -0.39 is 17.4 Å². The number of phenols is 1. The van der Waals surface area contributed by atoms with Crippen LogP contribution >= 0.6 is 0 Å². The number of aromatic nitrogens is 6. The largest absolute Gasteiger partial charge is 0.506 e. The van der Waals surface area contributed by atoms with Crippen LogP contribution in [0.4, 0.5) is 10.2 Å². The Hall–Kier alpha value is -3.76. The van der Waals surface area contributed by atoms with Gasteiger partial charge in [0.15, 0.2) is 17.3 Å². The fourth-order valence-corrected chi connectivity index (χ4v) is 3.05. The highest BCUT2D eigenvalue weighted by atomic mass is 19.1. The molecule has 28 heavy (non-hydrogen) atoms. The van der Waals surface area contributed by atoms with Gasteiger partial charge in [0.25, 0.3) is 5.56 Å². The standard InChI is InChI=1S/C17H17FN8O2/c1-8(23-15-13-14(20-6-19-13)21-7-22-15)16-24-12-10(27)5-4-9(18)11(12)17(28)26(16)25(2)3/h4-8,27H,1-3H3,(H2,19,20,21,22,23). The molecule has 144 valence electrons. The molecule has 1 unspecified atom stereocenters. The third kappa shape index (κ3) is 2.68. The molecule has 1 atom stereocenters. The number of phenolic OH excluding ortho intramolecular Hbond substituents is 1. The van der Waals surface area contributed by atoms with E-state index in [1.807, 2.05) is 0 Å². The lowest BCUT2D eigenvalue weighted by Crippen LogP contribution is -2.40. The molecule has 0 bridgehead atoms. The molecule has 0 aliphatic rings. The minimum Gasteiger partial charge on any atom is -0.506 e. The van der Waals surface area contributed by atoms with Gasteiger partial charge < -0.3 is 20.4 Å². The Balaban J connectivity index is 1.89. The highest BCUT2D eigenvalue weighted by molar-refractivity contribution is 5.84. The summed E-state index contributed by atoms with van der Waals surface area (Å²) >= 11 is 0. The fraction of sp³-hybridized carbons (Fsp3) is 0.235. The van der Waals surface area contributed by atoms with Gasteiger partial charge in [0.05, 0.1) is 12.4 Å². The first-order valence-corrected chi connectivity index (χ1v) is 8.41. The molecule has 0 spiro atoms. The highest BCUT2D eigenvalue weighted by Crippen LogP contribution is 2.26. The van der Waals surface area contributed by atoms with Crippen LogP contribution in [0, 0.1) is 5.82 Å². The summed E-state index contributed by atoms with van der Waals surface area (Å²) in [4.78, 5) is 32.6. The van der Waals surface area contributed by atoms with Crippen molar-refractivity contribution in [1.82, 2.24) is 29.6 Å². The zero-order valence-electron chi connectivity index (χ0n) is 15.3. The second-order valence-electron chi connectivity index (χ2n) is 6.41. The van der Waals surface area contributed by atoms with E-state index in [1.165, 1.54) is 28.4 Å². The lowest BCUT2D eigenvalue weighted by atomic mass is 10.2. The maximum Gasteiger partial charge on any atom is 0.283 e. The van der Waals surface area contributed by atoms with Gasteiger partial charge >= 0.3 is 0 Å². The van der Waals surface area contributed by atoms with Crippen molar-refractivity contribution >= 4 is 27.9 Å². The van der Waals surface area contributed by atoms with E-state index in [1.54, 1.807) is 21.0 Å². The molecule has 0 aliphatic carbocycles. The van der Waals surface area contributed by atoms with Gasteiger partial charge in [-0.05, 0) is 19.1 Å². The quantitative estimate of drug-likeness (QED) is 0.481. The summed E-state index contributed by atoms with van der Waals surface area (Å²) in [5, 5.41) is 14.5. The smallest absolute Gasteiger partial charge is 0.283 e. The van der Waals surface area contributed by atoms with E-state index in [4.69, 9.17) is 0 Å². The Labute approximate surface area is 157 Å². The zero-order chi connectivity index (χ0) is 20.0. The number of anilines is 1. The van der Waals surface area contributed by atoms with Crippen molar-refractivity contribution in [2.75, 3.05) is 24.4 Å². The van der Waals surface area contributed by atoms with Crippen LogP contribution in [0.25, 0.3) is 22.1 Å². The van der Waals surface area contributed by atoms with Gasteiger partial charge in [-0.15, -0.1) is 0 Å². The maximum absolute atomic E-state index is 14.3. The second-order valence-corrected chi connectivity index (χ2v) is 6.41. The minimum atomic E-state index is -0.747. The van der Waals surface area contributed by atoms with Crippen LogP contribution in [0.5, 0.6) is 5.75 Å². The van der Waals surface area contributed by atoms with Gasteiger partial charge in [0, 0.05) is 14.1 Å². The number of hydrogen-bond acceptors (Lipinski definition) is 8. The molecule has 10 nitrogen and oxygen atoms in total. The van der Waals surface area contributed by atoms with Crippen molar-refractivity contribution in [3.05, 3.63) is 46.8 Å². The predicted molar refractivity (Wildman–Crippen MR) is 101 cm³/mol. The lowest BCUT2D eigenvalue weighted by Gasteiger charge is -2.24. The molecule has 3 N–H and O–H groups in total. The van der Waals surface area contributed by atoms with Crippen LogP contribution in [0.15, 0.2) is 29.6 Å². The molecule has 4 rings (SSSR count). The average Bonchev–Trinajstić information content (AvgIpc) is 3.13. The molecule has 11 heteroatoms. The third-order valence-corrected chi connectivity index (χ3v) is 4.32. The number of aromatic amines is 1. The van der Waals surface area contributed by atoms with Gasteiger partial charge in [-0.1, -0.05) is 0 Å². The maximum atomic E-state index is 14.3. The number of nitrogens with one attached hydrogen (secondary N) is 2. The monoisotopic (exact) mass is 384 g/mol. The number of nitrogens with zero attached hydrogens (tertiary/aromatic N) is 6. The summed E-state index contributed by atoms with van der Waals surface area (Å²) in [6.45, 7) is 1.77. The van der Waals surface area contributed by atoms with Crippen molar-refractivity contribution < 1.29 is 9.50 Å². The summed E-state index contributed by atoms with van der Waals surface area (Å²) in [5.41, 5.74) is 0.367. The molecule has 0 radical (unpaired) electrons. The number of halogens is 1. The van der Waals surface area contributed by atoms with E-state index in [2.05, 4.69) is 30.2 Å². The first-order chi connectivity index (χ1) is 13.4. The highest BCUT2D eigenvalue weighted by Gasteiger charge is 2.22. The number of benzene rings is 1. The first-order valence-electron chi connectivity index (χ1n) is 8.41. The fourth-order valence-electron chi connectivity index (χ4n) is 3.05. The molecule has 0 amide bonds. The first kappa shape index (κ1) is 17.6. The molecule has 4 aromatic rings. The van der Waals surface area contributed by atoms with Crippen LogP contribution in [-0.2, 0) is 0 Å². The average molecular weight is 384 g/mol. The topological polar surface area (TPSA) is 125 Å². The van der Waals surface area contributed by atoms with Crippen molar-refractivity contribution in [3.8, 4) is 5.75 Å². The number of rotatable bonds is 4. The molecular formula is C17H17FN8O2. The van der Waals surface area contributed by atoms with E-state index in [-0.39, 0.29) is 22.5 Å². The number of aromatic hydroxyl groups is 1. The van der Waals surface area contributed by atoms with Crippen LogP contribution < -0.4 is 15.9 Å². The van der Waals surface area contributed by atoms with Crippen LogP contribution in [-0.4, -0.2) is 48.8 Å². The Morgan fingerprint density at radius 2 is 2.07 bits per heavy atom. The molecule has 0 saturated carbocycles. The molecular weight excluding hydrogens is 367 g/mol. The molecule has 3 aromatic heterocycles. The SMILES string of the molecule is CC(Nc1ncnc2nc[nH]c12)c1nc2c(O)ccc(F)c2c(=O)n1N(C)C. The van der Waals surface area contributed by atoms with E-state index >= 15 is 0 Å². The van der Waals surface area contributed by atoms with E-state index in [0.717, 1.165) is 6.07 Å². The number of H-pyrrole nitrogens is 1. The van der Waals surface area contributed by atoms with Gasteiger partial charge in [-0.3, -0.25) is 4.79 Å². The van der Waals surface area contributed by atoms with E-state index in [0.29, 0.717) is 17.0 Å². The number of fused-ring (bicyclic) bond motifs is 2. The molecule has 0 aliphatic heterocycles. The normalized spacial score (nSPS) is 12.4. The van der Waals surface area contributed by atoms with E-state index in [9.17, 15) is 14.3 Å². The van der Waals surface area contributed by atoms with Gasteiger partial charge in [0.2, 0.25) is 0 Å². The second kappa shape index (κ2) is 6.44. The summed E-state index contributed by atoms with van der Waals surface area (Å²) < 4.78 is 15.5. The van der Waals surface area contributed by atoms with Crippen molar-refractivity contribution in [2.45, 2.75) is 13.0 Å². The van der Waals surface area contributed by atoms with Gasteiger partial charge in [-0.2, -0.15) is 0 Å². The minimum absolute atomic E-state index is 0.0962. The lowest BCUT2D eigenvalue weighted by molar-refractivity contribution is 0.477. The van der Waals surface area contributed by atoms with Crippen molar-refractivity contribution in [3.63, 3.8) is 0 Å². The zero-order valence-corrected chi connectivity index (χ0v) is 15.3. The number of imidazole rings is 1. The molecule has 0 fully saturated rings. The van der Waals surface area contributed by atoms with Gasteiger partial charge in [-0.25, -0.2) is 29.0 Å². The molecule has 3 heterocycles. The summed E-state index contributed by atoms with van der Waals surface area (Å²) in [6, 6.07) is 1.69. The summed E-state index contributed by atoms with van der Waals surface area (Å²) in [7, 11) is 3.28. The van der Waals surface area contributed by atoms with Crippen molar-refractivity contribution in [2.24, 2.45) is 0 Å². The number of hydrogen-bond donors (Lipinski definition) is 3. The summed E-state index contributed by atoms with van der Waals surface area (Å²) in [6.07, 6.45) is 2.87. The Kier molecular flexibility index (Phi) is 4.06. The van der Waals surface area contributed by atoms with Crippen LogP contribution in [0.3, 0.4) is 0 Å². The summed E-state index contributed by atoms with van der Waals surface area (Å²) in [5.74, 6) is -0.276. The van der Waals surface area contributed by atoms with Gasteiger partial charge in [0.1, 0.15) is 34.3 Å². The Morgan fingerprint density at radius 1 is 1.29 bits per heavy atom. The van der Waals surface area contributed by atoms with Crippen LogP contribution in [0.2, 0.25) is 0 Å². The predicted octanol–water partition coefficient (Wildman–Crippen LogP) is 1.28. The third-order valence-electron chi connectivity index (χ3n) is 4.32. The van der Waals surface area contributed by atoms with Crippen molar-refractivity contribution in [1.29, 1.82) is 0 Å².